The molecule has 1 rings (SSSR count). The van der Waals surface area contributed by atoms with Crippen molar-refractivity contribution in [2.45, 2.75) is 40.7 Å². The predicted octanol–water partition coefficient (Wildman–Crippen LogP) is 3.46. The molecule has 0 aliphatic rings. The summed E-state index contributed by atoms with van der Waals surface area (Å²) >= 11 is 0. The molecule has 1 unspecified atom stereocenters. The zero-order valence-electron chi connectivity index (χ0n) is 12.7. The first-order valence-corrected chi connectivity index (χ1v) is 6.90. The zero-order valence-corrected chi connectivity index (χ0v) is 12.7. The van der Waals surface area contributed by atoms with E-state index in [4.69, 9.17) is 0 Å². The third kappa shape index (κ3) is 3.49. The molecule has 0 fully saturated rings. The summed E-state index contributed by atoms with van der Waals surface area (Å²) in [5, 5.41) is 3.37. The van der Waals surface area contributed by atoms with Gasteiger partial charge in [0.2, 0.25) is 0 Å². The van der Waals surface area contributed by atoms with Crippen molar-refractivity contribution in [2.75, 3.05) is 25.0 Å². The molecular weight excluding hydrogens is 220 g/mol. The molecule has 2 heteroatoms. The van der Waals surface area contributed by atoms with Crippen molar-refractivity contribution in [2.24, 2.45) is 5.41 Å². The van der Waals surface area contributed by atoms with Gasteiger partial charge >= 0.3 is 0 Å². The van der Waals surface area contributed by atoms with E-state index in [1.54, 1.807) is 0 Å². The lowest BCUT2D eigenvalue weighted by atomic mass is 9.84. The molecule has 0 heterocycles. The highest BCUT2D eigenvalue weighted by molar-refractivity contribution is 5.53. The second-order valence-electron chi connectivity index (χ2n) is 5.80. The lowest BCUT2D eigenvalue weighted by Crippen LogP contribution is -2.45. The Morgan fingerprint density at radius 1 is 1.28 bits per heavy atom. The van der Waals surface area contributed by atoms with Crippen LogP contribution in [0.1, 0.15) is 33.3 Å². The quantitative estimate of drug-likeness (QED) is 0.829. The van der Waals surface area contributed by atoms with E-state index in [2.05, 4.69) is 69.1 Å². The van der Waals surface area contributed by atoms with E-state index in [1.165, 1.54) is 11.3 Å². The molecule has 0 radical (unpaired) electrons. The average molecular weight is 248 g/mol. The summed E-state index contributed by atoms with van der Waals surface area (Å²) < 4.78 is 0. The number of hydrogen-bond acceptors (Lipinski definition) is 2. The standard InChI is InChI=1S/C16H28N2/c1-7-18(12-16(4,5)14(3)17-6)15-11-9-8-10-13(15)2/h8-11,14,17H,7,12H2,1-6H3. The van der Waals surface area contributed by atoms with Crippen LogP contribution in [0.15, 0.2) is 24.3 Å². The van der Waals surface area contributed by atoms with Crippen LogP contribution in [0.25, 0.3) is 0 Å². The molecule has 0 bridgehead atoms. The maximum atomic E-state index is 3.37. The normalized spacial score (nSPS) is 13.4. The molecule has 1 aromatic carbocycles. The number of aryl methyl sites for hydroxylation is 1. The summed E-state index contributed by atoms with van der Waals surface area (Å²) in [6, 6.07) is 9.13. The molecule has 0 spiro atoms. The molecule has 0 aliphatic carbocycles. The van der Waals surface area contributed by atoms with Gasteiger partial charge in [0.25, 0.3) is 0 Å². The van der Waals surface area contributed by atoms with E-state index in [0.29, 0.717) is 6.04 Å². The molecule has 0 aliphatic heterocycles. The fraction of sp³-hybridized carbons (Fsp3) is 0.625. The molecule has 0 saturated heterocycles. The molecular formula is C16H28N2. The lowest BCUT2D eigenvalue weighted by Gasteiger charge is -2.38. The minimum absolute atomic E-state index is 0.243. The average Bonchev–Trinajstić information content (AvgIpc) is 2.35. The Morgan fingerprint density at radius 2 is 1.89 bits per heavy atom. The molecule has 0 aromatic heterocycles. The van der Waals surface area contributed by atoms with Crippen molar-refractivity contribution in [1.29, 1.82) is 0 Å². The summed E-state index contributed by atoms with van der Waals surface area (Å²) in [4.78, 5) is 2.48. The topological polar surface area (TPSA) is 15.3 Å². The highest BCUT2D eigenvalue weighted by Crippen LogP contribution is 2.27. The third-order valence-electron chi connectivity index (χ3n) is 4.04. The lowest BCUT2D eigenvalue weighted by molar-refractivity contribution is 0.272. The number of anilines is 1. The Balaban J connectivity index is 2.89. The summed E-state index contributed by atoms with van der Waals surface area (Å²) in [5.74, 6) is 0. The van der Waals surface area contributed by atoms with Crippen molar-refractivity contribution in [3.63, 3.8) is 0 Å². The van der Waals surface area contributed by atoms with E-state index in [0.717, 1.165) is 13.1 Å². The van der Waals surface area contributed by atoms with Gasteiger partial charge in [0.05, 0.1) is 0 Å². The maximum Gasteiger partial charge on any atom is 0.0396 e. The molecule has 1 N–H and O–H groups in total. The summed E-state index contributed by atoms with van der Waals surface area (Å²) in [6.45, 7) is 13.4. The SMILES string of the molecule is CCN(CC(C)(C)C(C)NC)c1ccccc1C. The predicted molar refractivity (Wildman–Crippen MR) is 81.4 cm³/mol. The van der Waals surface area contributed by atoms with Gasteiger partial charge in [-0.2, -0.15) is 0 Å². The van der Waals surface area contributed by atoms with Gasteiger partial charge in [-0.15, -0.1) is 0 Å². The van der Waals surface area contributed by atoms with Gasteiger partial charge in [0.1, 0.15) is 0 Å². The van der Waals surface area contributed by atoms with Crippen LogP contribution < -0.4 is 10.2 Å². The Labute approximate surface area is 112 Å². The van der Waals surface area contributed by atoms with Crippen LogP contribution in [0.2, 0.25) is 0 Å². The second-order valence-corrected chi connectivity index (χ2v) is 5.80. The number of nitrogens with one attached hydrogen (secondary N) is 1. The Hall–Kier alpha value is -1.02. The zero-order chi connectivity index (χ0) is 13.8. The van der Waals surface area contributed by atoms with Crippen molar-refractivity contribution in [1.82, 2.24) is 5.32 Å². The summed E-state index contributed by atoms with van der Waals surface area (Å²) in [6.07, 6.45) is 0. The van der Waals surface area contributed by atoms with Gasteiger partial charge in [-0.05, 0) is 44.9 Å². The van der Waals surface area contributed by atoms with Crippen molar-refractivity contribution < 1.29 is 0 Å². The van der Waals surface area contributed by atoms with E-state index in [9.17, 15) is 0 Å². The highest BCUT2D eigenvalue weighted by atomic mass is 15.1. The maximum absolute atomic E-state index is 3.37. The number of para-hydroxylation sites is 1. The molecule has 0 amide bonds. The van der Waals surface area contributed by atoms with Gasteiger partial charge < -0.3 is 10.2 Å². The van der Waals surface area contributed by atoms with Crippen LogP contribution in [0.3, 0.4) is 0 Å². The van der Waals surface area contributed by atoms with E-state index < -0.39 is 0 Å². The number of nitrogens with zero attached hydrogens (tertiary/aromatic N) is 1. The number of benzene rings is 1. The summed E-state index contributed by atoms with van der Waals surface area (Å²) in [5.41, 5.74) is 2.95. The van der Waals surface area contributed by atoms with Crippen LogP contribution in [-0.2, 0) is 0 Å². The molecule has 102 valence electrons. The molecule has 1 aromatic rings. The second kappa shape index (κ2) is 6.24. The Bertz CT molecular complexity index is 371. The van der Waals surface area contributed by atoms with Crippen molar-refractivity contribution >= 4 is 5.69 Å². The first-order chi connectivity index (χ1) is 8.42. The van der Waals surface area contributed by atoms with Crippen molar-refractivity contribution in [3.8, 4) is 0 Å². The van der Waals surface area contributed by atoms with Crippen LogP contribution in [0, 0.1) is 12.3 Å². The first kappa shape index (κ1) is 15.0. The van der Waals surface area contributed by atoms with E-state index in [-0.39, 0.29) is 5.41 Å². The fourth-order valence-corrected chi connectivity index (χ4v) is 2.31. The van der Waals surface area contributed by atoms with Crippen LogP contribution in [0.5, 0.6) is 0 Å². The monoisotopic (exact) mass is 248 g/mol. The number of rotatable bonds is 6. The van der Waals surface area contributed by atoms with Crippen molar-refractivity contribution in [3.05, 3.63) is 29.8 Å². The van der Waals surface area contributed by atoms with Crippen LogP contribution in [0.4, 0.5) is 5.69 Å². The van der Waals surface area contributed by atoms with Gasteiger partial charge in [-0.3, -0.25) is 0 Å². The molecule has 2 nitrogen and oxygen atoms in total. The molecule has 0 saturated carbocycles. The Kier molecular flexibility index (Phi) is 5.21. The van der Waals surface area contributed by atoms with Crippen LogP contribution in [-0.4, -0.2) is 26.2 Å². The third-order valence-corrected chi connectivity index (χ3v) is 4.04. The first-order valence-electron chi connectivity index (χ1n) is 6.90. The molecule has 18 heavy (non-hydrogen) atoms. The molecule has 1 atom stereocenters. The number of hydrogen-bond donors (Lipinski definition) is 1. The largest absolute Gasteiger partial charge is 0.371 e. The van der Waals surface area contributed by atoms with E-state index >= 15 is 0 Å². The van der Waals surface area contributed by atoms with E-state index in [1.807, 2.05) is 7.05 Å². The highest BCUT2D eigenvalue weighted by Gasteiger charge is 2.27. The van der Waals surface area contributed by atoms with Gasteiger partial charge in [-0.25, -0.2) is 0 Å². The van der Waals surface area contributed by atoms with Crippen LogP contribution >= 0.6 is 0 Å². The minimum Gasteiger partial charge on any atom is -0.371 e. The fourth-order valence-electron chi connectivity index (χ4n) is 2.31. The smallest absolute Gasteiger partial charge is 0.0396 e. The Morgan fingerprint density at radius 3 is 2.39 bits per heavy atom. The van der Waals surface area contributed by atoms with Gasteiger partial charge in [0, 0.05) is 24.8 Å². The van der Waals surface area contributed by atoms with Gasteiger partial charge in [0.15, 0.2) is 0 Å². The van der Waals surface area contributed by atoms with Gasteiger partial charge in [-0.1, -0.05) is 32.0 Å². The summed E-state index contributed by atoms with van der Waals surface area (Å²) in [7, 11) is 2.04. The minimum atomic E-state index is 0.243.